The summed E-state index contributed by atoms with van der Waals surface area (Å²) in [5.41, 5.74) is 1.47. The van der Waals surface area contributed by atoms with Crippen LogP contribution in [-0.2, 0) is 5.54 Å². The van der Waals surface area contributed by atoms with Crippen LogP contribution in [0.25, 0.3) is 0 Å². The van der Waals surface area contributed by atoms with Gasteiger partial charge in [0.25, 0.3) is 0 Å². The molecule has 132 valence electrons. The zero-order chi connectivity index (χ0) is 18.9. The van der Waals surface area contributed by atoms with E-state index < -0.39 is 11.5 Å². The fourth-order valence-electron chi connectivity index (χ4n) is 3.10. The number of benzene rings is 1. The van der Waals surface area contributed by atoms with Crippen LogP contribution < -0.4 is 5.32 Å². The SMILES string of the molecule is N#Cc1ccnc(C2=NC(c3ccc(F)cc3)(c3ccc(F)nc3)CN2)c1. The van der Waals surface area contributed by atoms with Gasteiger partial charge in [0.05, 0.1) is 18.2 Å². The van der Waals surface area contributed by atoms with Crippen LogP contribution in [0.1, 0.15) is 22.4 Å². The number of nitrogens with one attached hydrogen (secondary N) is 1. The van der Waals surface area contributed by atoms with E-state index in [1.54, 1.807) is 30.3 Å². The maximum absolute atomic E-state index is 13.4. The molecule has 5 nitrogen and oxygen atoms in total. The van der Waals surface area contributed by atoms with E-state index in [0.717, 1.165) is 5.56 Å². The summed E-state index contributed by atoms with van der Waals surface area (Å²) < 4.78 is 26.8. The maximum atomic E-state index is 13.4. The number of nitrogens with zero attached hydrogens (tertiary/aromatic N) is 4. The second-order valence-electron chi connectivity index (χ2n) is 6.09. The summed E-state index contributed by atoms with van der Waals surface area (Å²) >= 11 is 0. The summed E-state index contributed by atoms with van der Waals surface area (Å²) in [6.45, 7) is 0.361. The maximum Gasteiger partial charge on any atom is 0.212 e. The number of hydrogen-bond acceptors (Lipinski definition) is 5. The van der Waals surface area contributed by atoms with Crippen molar-refractivity contribution >= 4 is 5.84 Å². The van der Waals surface area contributed by atoms with Crippen molar-refractivity contribution in [2.24, 2.45) is 4.99 Å². The lowest BCUT2D eigenvalue weighted by Gasteiger charge is -2.26. The molecule has 3 aromatic rings. The van der Waals surface area contributed by atoms with Crippen LogP contribution in [0, 0.1) is 23.1 Å². The summed E-state index contributed by atoms with van der Waals surface area (Å²) in [6, 6.07) is 14.2. The first kappa shape index (κ1) is 16.8. The van der Waals surface area contributed by atoms with Gasteiger partial charge >= 0.3 is 0 Å². The van der Waals surface area contributed by atoms with E-state index in [1.807, 2.05) is 0 Å². The lowest BCUT2D eigenvalue weighted by atomic mass is 9.85. The van der Waals surface area contributed by atoms with E-state index >= 15 is 0 Å². The number of halogens is 2. The van der Waals surface area contributed by atoms with Gasteiger partial charge in [-0.2, -0.15) is 9.65 Å². The lowest BCUT2D eigenvalue weighted by molar-refractivity contribution is 0.547. The molecule has 7 heteroatoms. The Labute approximate surface area is 154 Å². The van der Waals surface area contributed by atoms with Crippen LogP contribution in [0.4, 0.5) is 8.78 Å². The van der Waals surface area contributed by atoms with Gasteiger partial charge in [-0.25, -0.2) is 14.4 Å². The van der Waals surface area contributed by atoms with E-state index in [0.29, 0.717) is 29.2 Å². The molecular formula is C20H13F2N5. The number of nitriles is 1. The predicted octanol–water partition coefficient (Wildman–Crippen LogP) is 2.92. The lowest BCUT2D eigenvalue weighted by Crippen LogP contribution is -2.32. The summed E-state index contributed by atoms with van der Waals surface area (Å²) in [5.74, 6) is -0.447. The molecule has 4 rings (SSSR count). The fraction of sp³-hybridized carbons (Fsp3) is 0.100. The molecule has 0 amide bonds. The summed E-state index contributed by atoms with van der Waals surface area (Å²) in [6.07, 6.45) is 2.96. The van der Waals surface area contributed by atoms with Crippen LogP contribution >= 0.6 is 0 Å². The highest BCUT2D eigenvalue weighted by Crippen LogP contribution is 2.36. The van der Waals surface area contributed by atoms with Crippen molar-refractivity contribution in [3.05, 3.63) is 95.1 Å². The molecule has 27 heavy (non-hydrogen) atoms. The van der Waals surface area contributed by atoms with Crippen molar-refractivity contribution < 1.29 is 8.78 Å². The molecule has 0 saturated heterocycles. The zero-order valence-electron chi connectivity index (χ0n) is 14.0. The third-order valence-electron chi connectivity index (χ3n) is 4.47. The number of rotatable bonds is 3. The average molecular weight is 361 g/mol. The Kier molecular flexibility index (Phi) is 4.09. The highest BCUT2D eigenvalue weighted by atomic mass is 19.1. The third-order valence-corrected chi connectivity index (χ3v) is 4.47. The standard InChI is InChI=1S/C20H13F2N5/c21-16-4-1-14(2-5-16)20(15-3-6-18(22)25-11-15)12-26-19(27-20)17-9-13(10-23)7-8-24-17/h1-9,11H,12H2,(H,26,27). The molecule has 1 unspecified atom stereocenters. The zero-order valence-corrected chi connectivity index (χ0v) is 14.0. The van der Waals surface area contributed by atoms with E-state index in [1.165, 1.54) is 30.6 Å². The highest BCUT2D eigenvalue weighted by Gasteiger charge is 2.39. The molecule has 2 aromatic heterocycles. The number of hydrogen-bond donors (Lipinski definition) is 1. The number of pyridine rings is 2. The Morgan fingerprint density at radius 2 is 1.78 bits per heavy atom. The molecule has 1 aliphatic rings. The van der Waals surface area contributed by atoms with Crippen molar-refractivity contribution in [3.63, 3.8) is 0 Å². The van der Waals surface area contributed by atoms with Crippen molar-refractivity contribution in [3.8, 4) is 6.07 Å². The van der Waals surface area contributed by atoms with Gasteiger partial charge in [0.2, 0.25) is 5.95 Å². The third kappa shape index (κ3) is 3.02. The van der Waals surface area contributed by atoms with Crippen LogP contribution in [0.15, 0.2) is 65.9 Å². The minimum atomic E-state index is -0.909. The molecule has 1 atom stereocenters. The Morgan fingerprint density at radius 1 is 1.00 bits per heavy atom. The van der Waals surface area contributed by atoms with Crippen LogP contribution in [0.5, 0.6) is 0 Å². The Balaban J connectivity index is 1.86. The first-order valence-corrected chi connectivity index (χ1v) is 8.19. The molecule has 1 aromatic carbocycles. The Morgan fingerprint density at radius 3 is 2.48 bits per heavy atom. The highest BCUT2D eigenvalue weighted by molar-refractivity contribution is 5.99. The Bertz CT molecular complexity index is 1010. The Hall–Kier alpha value is -3.66. The summed E-state index contributed by atoms with van der Waals surface area (Å²) in [4.78, 5) is 12.8. The molecule has 1 N–H and O–H groups in total. The van der Waals surface area contributed by atoms with Crippen LogP contribution in [-0.4, -0.2) is 22.3 Å². The second-order valence-corrected chi connectivity index (χ2v) is 6.09. The van der Waals surface area contributed by atoms with Gasteiger partial charge in [-0.05, 0) is 35.9 Å². The first-order chi connectivity index (χ1) is 13.1. The smallest absolute Gasteiger partial charge is 0.212 e. The van der Waals surface area contributed by atoms with Gasteiger partial charge in [0, 0.05) is 18.0 Å². The monoisotopic (exact) mass is 361 g/mol. The van der Waals surface area contributed by atoms with Gasteiger partial charge in [0.1, 0.15) is 22.9 Å². The van der Waals surface area contributed by atoms with Crippen molar-refractivity contribution in [1.29, 1.82) is 5.26 Å². The van der Waals surface area contributed by atoms with E-state index in [-0.39, 0.29) is 5.82 Å². The fourth-order valence-corrected chi connectivity index (χ4v) is 3.10. The van der Waals surface area contributed by atoms with E-state index in [2.05, 4.69) is 21.4 Å². The summed E-state index contributed by atoms with van der Waals surface area (Å²) in [5, 5.41) is 12.3. The van der Waals surface area contributed by atoms with Gasteiger partial charge in [-0.15, -0.1) is 0 Å². The molecule has 1 aliphatic heterocycles. The van der Waals surface area contributed by atoms with Gasteiger partial charge in [-0.3, -0.25) is 4.98 Å². The van der Waals surface area contributed by atoms with E-state index in [9.17, 15) is 8.78 Å². The first-order valence-electron chi connectivity index (χ1n) is 8.19. The minimum Gasteiger partial charge on any atom is -0.365 e. The molecule has 0 spiro atoms. The number of aliphatic imine (C=N–C) groups is 1. The van der Waals surface area contributed by atoms with Crippen LogP contribution in [0.3, 0.4) is 0 Å². The van der Waals surface area contributed by atoms with Crippen LogP contribution in [0.2, 0.25) is 0 Å². The van der Waals surface area contributed by atoms with Gasteiger partial charge in [-0.1, -0.05) is 18.2 Å². The van der Waals surface area contributed by atoms with Gasteiger partial charge in [0.15, 0.2) is 0 Å². The molecule has 0 fully saturated rings. The largest absolute Gasteiger partial charge is 0.365 e. The quantitative estimate of drug-likeness (QED) is 0.728. The van der Waals surface area contributed by atoms with Crippen molar-refractivity contribution in [2.45, 2.75) is 5.54 Å². The molecule has 3 heterocycles. The molecule has 0 aliphatic carbocycles. The molecular weight excluding hydrogens is 348 g/mol. The predicted molar refractivity (Wildman–Crippen MR) is 94.9 cm³/mol. The number of aromatic nitrogens is 2. The average Bonchev–Trinajstić information content (AvgIpc) is 3.16. The molecule has 0 bridgehead atoms. The minimum absolute atomic E-state index is 0.357. The van der Waals surface area contributed by atoms with Crippen molar-refractivity contribution in [1.82, 2.24) is 15.3 Å². The topological polar surface area (TPSA) is 74.0 Å². The molecule has 0 radical (unpaired) electrons. The molecule has 0 saturated carbocycles. The second kappa shape index (κ2) is 6.57. The van der Waals surface area contributed by atoms with Crippen molar-refractivity contribution in [2.75, 3.05) is 6.54 Å². The number of amidine groups is 1. The normalized spacial score (nSPS) is 18.5. The summed E-state index contributed by atoms with van der Waals surface area (Å²) in [7, 11) is 0. The van der Waals surface area contributed by atoms with E-state index in [4.69, 9.17) is 10.3 Å². The van der Waals surface area contributed by atoms with Gasteiger partial charge < -0.3 is 5.32 Å².